The minimum atomic E-state index is -0.121. The van der Waals surface area contributed by atoms with E-state index in [1.54, 1.807) is 4.90 Å². The largest absolute Gasteiger partial charge is 0.352 e. The van der Waals surface area contributed by atoms with Crippen LogP contribution >= 0.6 is 15.9 Å². The molecule has 1 fully saturated rings. The molecule has 1 saturated carbocycles. The van der Waals surface area contributed by atoms with E-state index in [0.29, 0.717) is 0 Å². The van der Waals surface area contributed by atoms with E-state index >= 15 is 0 Å². The normalized spacial score (nSPS) is 15.4. The Balaban J connectivity index is 2.05. The van der Waals surface area contributed by atoms with E-state index in [9.17, 15) is 9.59 Å². The van der Waals surface area contributed by atoms with Crippen molar-refractivity contribution in [1.82, 2.24) is 5.32 Å². The molecule has 0 atom stereocenters. The summed E-state index contributed by atoms with van der Waals surface area (Å²) in [6.45, 7) is 3.51. The highest BCUT2D eigenvalue weighted by atomic mass is 79.9. The van der Waals surface area contributed by atoms with Crippen molar-refractivity contribution in [3.05, 3.63) is 28.2 Å². The number of nitrogens with zero attached hydrogens (tertiary/aromatic N) is 1. The highest BCUT2D eigenvalue weighted by Gasteiger charge is 2.20. The first-order valence-electron chi connectivity index (χ1n) is 7.81. The molecule has 0 bridgehead atoms. The lowest BCUT2D eigenvalue weighted by Crippen LogP contribution is -2.44. The first-order chi connectivity index (χ1) is 10.5. The number of hydrogen-bond donors (Lipinski definition) is 1. The van der Waals surface area contributed by atoms with E-state index in [1.165, 1.54) is 26.2 Å². The van der Waals surface area contributed by atoms with Crippen LogP contribution in [-0.2, 0) is 9.59 Å². The van der Waals surface area contributed by atoms with Crippen molar-refractivity contribution in [1.29, 1.82) is 0 Å². The Morgan fingerprint density at radius 1 is 1.27 bits per heavy atom. The van der Waals surface area contributed by atoms with Gasteiger partial charge < -0.3 is 10.2 Å². The summed E-state index contributed by atoms with van der Waals surface area (Å²) < 4.78 is 0.962. The number of halogens is 1. The van der Waals surface area contributed by atoms with Crippen LogP contribution in [0.25, 0.3) is 0 Å². The Morgan fingerprint density at radius 2 is 1.95 bits per heavy atom. The van der Waals surface area contributed by atoms with E-state index in [-0.39, 0.29) is 24.4 Å². The van der Waals surface area contributed by atoms with Crippen molar-refractivity contribution in [2.75, 3.05) is 11.4 Å². The van der Waals surface area contributed by atoms with Crippen LogP contribution in [0, 0.1) is 6.92 Å². The molecule has 0 aromatic heterocycles. The number of hydrogen-bond acceptors (Lipinski definition) is 2. The number of rotatable bonds is 4. The van der Waals surface area contributed by atoms with Crippen molar-refractivity contribution < 1.29 is 9.59 Å². The molecule has 2 rings (SSSR count). The Kier molecular flexibility index (Phi) is 6.00. The Bertz CT molecular complexity index is 554. The summed E-state index contributed by atoms with van der Waals surface area (Å²) >= 11 is 3.42. The topological polar surface area (TPSA) is 49.4 Å². The van der Waals surface area contributed by atoms with E-state index < -0.39 is 0 Å². The lowest BCUT2D eigenvalue weighted by molar-refractivity contribution is -0.123. The monoisotopic (exact) mass is 366 g/mol. The number of aryl methyl sites for hydroxylation is 1. The molecule has 1 N–H and O–H groups in total. The van der Waals surface area contributed by atoms with Gasteiger partial charge in [-0.3, -0.25) is 9.59 Å². The van der Waals surface area contributed by atoms with Gasteiger partial charge in [-0.15, -0.1) is 0 Å². The van der Waals surface area contributed by atoms with Gasteiger partial charge >= 0.3 is 0 Å². The third-order valence-electron chi connectivity index (χ3n) is 4.10. The summed E-state index contributed by atoms with van der Waals surface area (Å²) in [6, 6.07) is 5.97. The van der Waals surface area contributed by atoms with Crippen LogP contribution in [-0.4, -0.2) is 24.4 Å². The van der Waals surface area contributed by atoms with Gasteiger partial charge in [0.2, 0.25) is 11.8 Å². The third-order valence-corrected chi connectivity index (χ3v) is 4.60. The molecule has 0 heterocycles. The SMILES string of the molecule is CC(=O)N(CC(=O)NC1CCCCC1)c1ccc(Br)cc1C. The predicted molar refractivity (Wildman–Crippen MR) is 91.9 cm³/mol. The molecule has 1 aromatic rings. The maximum absolute atomic E-state index is 12.3. The van der Waals surface area contributed by atoms with Crippen LogP contribution in [0.1, 0.15) is 44.6 Å². The summed E-state index contributed by atoms with van der Waals surface area (Å²) in [6.07, 6.45) is 5.69. The molecule has 4 nitrogen and oxygen atoms in total. The zero-order chi connectivity index (χ0) is 16.1. The van der Waals surface area contributed by atoms with E-state index in [4.69, 9.17) is 0 Å². The summed E-state index contributed by atoms with van der Waals surface area (Å²) in [4.78, 5) is 25.7. The highest BCUT2D eigenvalue weighted by molar-refractivity contribution is 9.10. The Labute approximate surface area is 140 Å². The van der Waals surface area contributed by atoms with Gasteiger partial charge in [-0.1, -0.05) is 35.2 Å². The van der Waals surface area contributed by atoms with Crippen molar-refractivity contribution >= 4 is 33.4 Å². The molecular weight excluding hydrogens is 344 g/mol. The molecule has 120 valence electrons. The summed E-state index contributed by atoms with van der Waals surface area (Å²) in [5, 5.41) is 3.06. The van der Waals surface area contributed by atoms with Crippen LogP contribution in [0.2, 0.25) is 0 Å². The fourth-order valence-corrected chi connectivity index (χ4v) is 3.43. The molecule has 1 aromatic carbocycles. The van der Waals surface area contributed by atoms with Crippen molar-refractivity contribution in [3.63, 3.8) is 0 Å². The first-order valence-corrected chi connectivity index (χ1v) is 8.60. The molecule has 0 radical (unpaired) electrons. The van der Waals surface area contributed by atoms with Gasteiger partial charge in [0.15, 0.2) is 0 Å². The summed E-state index contributed by atoms with van der Waals surface area (Å²) in [5.41, 5.74) is 1.75. The minimum Gasteiger partial charge on any atom is -0.352 e. The predicted octanol–water partition coefficient (Wildman–Crippen LogP) is 3.56. The van der Waals surface area contributed by atoms with E-state index in [0.717, 1.165) is 28.6 Å². The number of carbonyl (C=O) groups excluding carboxylic acids is 2. The molecule has 0 spiro atoms. The van der Waals surface area contributed by atoms with Crippen molar-refractivity contribution in [2.45, 2.75) is 52.0 Å². The number of anilines is 1. The molecule has 22 heavy (non-hydrogen) atoms. The lowest BCUT2D eigenvalue weighted by atomic mass is 9.95. The number of amides is 2. The van der Waals surface area contributed by atoms with Gasteiger partial charge in [0.25, 0.3) is 0 Å². The van der Waals surface area contributed by atoms with Crippen molar-refractivity contribution in [3.8, 4) is 0 Å². The molecule has 5 heteroatoms. The molecule has 2 amide bonds. The Morgan fingerprint density at radius 3 is 2.55 bits per heavy atom. The smallest absolute Gasteiger partial charge is 0.240 e. The van der Waals surface area contributed by atoms with E-state index in [2.05, 4.69) is 21.2 Å². The van der Waals surface area contributed by atoms with E-state index in [1.807, 2.05) is 25.1 Å². The second-order valence-corrected chi connectivity index (χ2v) is 6.85. The average molecular weight is 367 g/mol. The molecule has 0 unspecified atom stereocenters. The molecule has 1 aliphatic rings. The standard InChI is InChI=1S/C17H23BrN2O2/c1-12-10-14(18)8-9-16(12)20(13(2)21)11-17(22)19-15-6-4-3-5-7-15/h8-10,15H,3-7,11H2,1-2H3,(H,19,22). The first kappa shape index (κ1) is 17.0. The Hall–Kier alpha value is -1.36. The summed E-state index contributed by atoms with van der Waals surface area (Å²) in [5.74, 6) is -0.200. The number of nitrogens with one attached hydrogen (secondary N) is 1. The van der Waals surface area contributed by atoms with Crippen LogP contribution < -0.4 is 10.2 Å². The van der Waals surface area contributed by atoms with Gasteiger partial charge in [0.1, 0.15) is 6.54 Å². The zero-order valence-corrected chi connectivity index (χ0v) is 14.8. The van der Waals surface area contributed by atoms with Gasteiger partial charge in [0, 0.05) is 23.1 Å². The van der Waals surface area contributed by atoms with Gasteiger partial charge in [-0.2, -0.15) is 0 Å². The number of benzene rings is 1. The fourth-order valence-electron chi connectivity index (χ4n) is 2.95. The van der Waals surface area contributed by atoms with Crippen LogP contribution in [0.5, 0.6) is 0 Å². The molecule has 0 aliphatic heterocycles. The fraction of sp³-hybridized carbons (Fsp3) is 0.529. The van der Waals surface area contributed by atoms with Crippen LogP contribution in [0.15, 0.2) is 22.7 Å². The van der Waals surface area contributed by atoms with Crippen molar-refractivity contribution in [2.24, 2.45) is 0 Å². The molecule has 0 saturated heterocycles. The second kappa shape index (κ2) is 7.77. The van der Waals surface area contributed by atoms with Crippen LogP contribution in [0.3, 0.4) is 0 Å². The molecule has 1 aliphatic carbocycles. The van der Waals surface area contributed by atoms with Gasteiger partial charge in [-0.25, -0.2) is 0 Å². The maximum atomic E-state index is 12.3. The maximum Gasteiger partial charge on any atom is 0.240 e. The minimum absolute atomic E-state index is 0.0777. The third kappa shape index (κ3) is 4.57. The lowest BCUT2D eigenvalue weighted by Gasteiger charge is -2.26. The quantitative estimate of drug-likeness (QED) is 0.885. The second-order valence-electron chi connectivity index (χ2n) is 5.94. The number of carbonyl (C=O) groups is 2. The highest BCUT2D eigenvalue weighted by Crippen LogP contribution is 2.24. The average Bonchev–Trinajstić information content (AvgIpc) is 2.46. The zero-order valence-electron chi connectivity index (χ0n) is 13.2. The van der Waals surface area contributed by atoms with Gasteiger partial charge in [0.05, 0.1) is 0 Å². The van der Waals surface area contributed by atoms with Gasteiger partial charge in [-0.05, 0) is 43.5 Å². The summed E-state index contributed by atoms with van der Waals surface area (Å²) in [7, 11) is 0. The molecular formula is C17H23BrN2O2. The van der Waals surface area contributed by atoms with Crippen LogP contribution in [0.4, 0.5) is 5.69 Å².